The van der Waals surface area contributed by atoms with Crippen molar-refractivity contribution < 1.29 is 14.4 Å². The zero-order valence-electron chi connectivity index (χ0n) is 18.5. The Hall–Kier alpha value is -1.63. The fraction of sp³-hybridized carbons (Fsp3) is 0.708. The summed E-state index contributed by atoms with van der Waals surface area (Å²) >= 11 is 0. The van der Waals surface area contributed by atoms with E-state index in [1.807, 2.05) is 0 Å². The van der Waals surface area contributed by atoms with Crippen LogP contribution in [-0.2, 0) is 13.0 Å². The highest BCUT2D eigenvalue weighted by Crippen LogP contribution is 2.33. The first-order chi connectivity index (χ1) is 14.6. The molecule has 2 unspecified atom stereocenters. The third-order valence-corrected chi connectivity index (χ3v) is 6.82. The molecule has 1 saturated carbocycles. The van der Waals surface area contributed by atoms with E-state index in [-0.39, 0.29) is 12.0 Å². The van der Waals surface area contributed by atoms with Crippen LogP contribution in [0.5, 0.6) is 5.75 Å². The number of aliphatic hydroxyl groups excluding tert-OH is 1. The Morgan fingerprint density at radius 2 is 1.97 bits per heavy atom. The molecule has 0 bridgehead atoms. The van der Waals surface area contributed by atoms with Crippen LogP contribution in [0.3, 0.4) is 0 Å². The quantitative estimate of drug-likeness (QED) is 0.684. The van der Waals surface area contributed by atoms with Gasteiger partial charge in [-0.3, -0.25) is 0 Å². The van der Waals surface area contributed by atoms with Gasteiger partial charge in [0.2, 0.25) is 0 Å². The van der Waals surface area contributed by atoms with Gasteiger partial charge < -0.3 is 24.6 Å². The van der Waals surface area contributed by atoms with Gasteiger partial charge in [0.1, 0.15) is 5.75 Å². The highest BCUT2D eigenvalue weighted by atomic mass is 16.5. The SMILES string of the molecule is CN(C)Cc1c(OCC2CCCCC2O)ccc2c(CCC3CCNCC3)noc12. The largest absolute Gasteiger partial charge is 0.493 e. The maximum absolute atomic E-state index is 10.3. The fourth-order valence-electron chi connectivity index (χ4n) is 4.96. The molecule has 2 heterocycles. The van der Waals surface area contributed by atoms with Crippen LogP contribution in [0.1, 0.15) is 56.2 Å². The molecule has 2 atom stereocenters. The molecule has 2 aliphatic rings. The smallest absolute Gasteiger partial charge is 0.175 e. The lowest BCUT2D eigenvalue weighted by Crippen LogP contribution is -2.29. The van der Waals surface area contributed by atoms with E-state index in [2.05, 4.69) is 41.6 Å². The van der Waals surface area contributed by atoms with Gasteiger partial charge in [0.25, 0.3) is 0 Å². The molecule has 6 heteroatoms. The number of hydrogen-bond donors (Lipinski definition) is 2. The normalized spacial score (nSPS) is 23.3. The minimum absolute atomic E-state index is 0.219. The lowest BCUT2D eigenvalue weighted by atomic mass is 9.87. The van der Waals surface area contributed by atoms with Gasteiger partial charge >= 0.3 is 0 Å². The van der Waals surface area contributed by atoms with Crippen molar-refractivity contribution in [3.63, 3.8) is 0 Å². The third-order valence-electron chi connectivity index (χ3n) is 6.82. The summed E-state index contributed by atoms with van der Waals surface area (Å²) in [5.41, 5.74) is 2.98. The number of aliphatic hydroxyl groups is 1. The molecule has 0 spiro atoms. The fourth-order valence-corrected chi connectivity index (χ4v) is 4.96. The number of ether oxygens (including phenoxy) is 1. The summed E-state index contributed by atoms with van der Waals surface area (Å²) in [4.78, 5) is 2.13. The molecule has 166 valence electrons. The van der Waals surface area contributed by atoms with E-state index in [0.717, 1.165) is 79.2 Å². The molecule has 1 aromatic carbocycles. The Bertz CT molecular complexity index is 813. The Balaban J connectivity index is 1.50. The first-order valence-electron chi connectivity index (χ1n) is 11.7. The van der Waals surface area contributed by atoms with Crippen molar-refractivity contribution in [2.45, 2.75) is 64.0 Å². The summed E-state index contributed by atoms with van der Waals surface area (Å²) in [6.07, 6.45) is 8.63. The number of benzene rings is 1. The predicted octanol–water partition coefficient (Wildman–Crippen LogP) is 3.75. The maximum atomic E-state index is 10.3. The molecule has 1 aliphatic heterocycles. The van der Waals surface area contributed by atoms with Crippen molar-refractivity contribution in [3.8, 4) is 5.75 Å². The minimum Gasteiger partial charge on any atom is -0.493 e. The molecular weight excluding hydrogens is 378 g/mol. The van der Waals surface area contributed by atoms with Crippen LogP contribution in [0, 0.1) is 11.8 Å². The lowest BCUT2D eigenvalue weighted by molar-refractivity contribution is 0.0419. The number of aryl methyl sites for hydroxylation is 1. The van der Waals surface area contributed by atoms with Gasteiger partial charge in [0, 0.05) is 17.8 Å². The molecule has 2 N–H and O–H groups in total. The van der Waals surface area contributed by atoms with Gasteiger partial charge in [-0.25, -0.2) is 0 Å². The second kappa shape index (κ2) is 10.1. The zero-order chi connectivity index (χ0) is 20.9. The molecule has 6 nitrogen and oxygen atoms in total. The first-order valence-corrected chi connectivity index (χ1v) is 11.7. The van der Waals surface area contributed by atoms with E-state index in [1.165, 1.54) is 25.7 Å². The Kier molecular flexibility index (Phi) is 7.28. The van der Waals surface area contributed by atoms with E-state index in [4.69, 9.17) is 9.26 Å². The number of piperidine rings is 1. The van der Waals surface area contributed by atoms with Gasteiger partial charge in [-0.2, -0.15) is 0 Å². The number of aromatic nitrogens is 1. The summed E-state index contributed by atoms with van der Waals surface area (Å²) in [7, 11) is 4.11. The highest BCUT2D eigenvalue weighted by Gasteiger charge is 2.25. The topological polar surface area (TPSA) is 70.8 Å². The van der Waals surface area contributed by atoms with Gasteiger partial charge in [0.15, 0.2) is 5.58 Å². The second-order valence-electron chi connectivity index (χ2n) is 9.44. The van der Waals surface area contributed by atoms with E-state index >= 15 is 0 Å². The van der Waals surface area contributed by atoms with Crippen molar-refractivity contribution in [2.24, 2.45) is 11.8 Å². The first kappa shape index (κ1) is 21.6. The lowest BCUT2D eigenvalue weighted by Gasteiger charge is -2.27. The molecule has 1 aromatic heterocycles. The van der Waals surface area contributed by atoms with Gasteiger partial charge in [-0.1, -0.05) is 18.0 Å². The van der Waals surface area contributed by atoms with Crippen molar-refractivity contribution >= 4 is 11.0 Å². The number of nitrogens with zero attached hydrogens (tertiary/aromatic N) is 2. The number of fused-ring (bicyclic) bond motifs is 1. The Labute approximate surface area is 179 Å². The summed E-state index contributed by atoms with van der Waals surface area (Å²) in [6.45, 7) is 3.56. The van der Waals surface area contributed by atoms with Crippen LogP contribution in [0.15, 0.2) is 16.7 Å². The number of nitrogens with one attached hydrogen (secondary N) is 1. The van der Waals surface area contributed by atoms with Crippen LogP contribution < -0.4 is 10.1 Å². The maximum Gasteiger partial charge on any atom is 0.175 e. The van der Waals surface area contributed by atoms with Crippen LogP contribution in [0.25, 0.3) is 11.0 Å². The van der Waals surface area contributed by atoms with Crippen molar-refractivity contribution in [2.75, 3.05) is 33.8 Å². The van der Waals surface area contributed by atoms with Crippen molar-refractivity contribution in [3.05, 3.63) is 23.4 Å². The summed E-state index contributed by atoms with van der Waals surface area (Å²) in [5.74, 6) is 1.86. The van der Waals surface area contributed by atoms with Gasteiger partial charge in [-0.15, -0.1) is 0 Å². The number of rotatable bonds is 8. The van der Waals surface area contributed by atoms with Gasteiger partial charge in [-0.05, 0) is 83.8 Å². The Morgan fingerprint density at radius 1 is 1.17 bits per heavy atom. The average Bonchev–Trinajstić information content (AvgIpc) is 3.16. The molecule has 30 heavy (non-hydrogen) atoms. The third kappa shape index (κ3) is 5.16. The molecule has 1 aliphatic carbocycles. The van der Waals surface area contributed by atoms with E-state index < -0.39 is 0 Å². The summed E-state index contributed by atoms with van der Waals surface area (Å²) in [6, 6.07) is 4.18. The highest BCUT2D eigenvalue weighted by molar-refractivity contribution is 5.84. The molecule has 2 fully saturated rings. The van der Waals surface area contributed by atoms with Crippen molar-refractivity contribution in [1.82, 2.24) is 15.4 Å². The van der Waals surface area contributed by atoms with Crippen LogP contribution in [0.2, 0.25) is 0 Å². The standard InChI is InChI=1S/C24H37N3O3/c1-27(2)15-20-23(29-16-18-5-3-4-6-22(18)28)10-8-19-21(26-30-24(19)20)9-7-17-11-13-25-14-12-17/h8,10,17-18,22,25,28H,3-7,9,11-16H2,1-2H3. The minimum atomic E-state index is -0.244. The van der Waals surface area contributed by atoms with Crippen LogP contribution in [-0.4, -0.2) is 55.1 Å². The van der Waals surface area contributed by atoms with Crippen LogP contribution in [0.4, 0.5) is 0 Å². The Morgan fingerprint density at radius 3 is 2.73 bits per heavy atom. The molecule has 0 amide bonds. The molecule has 4 rings (SSSR count). The number of hydrogen-bond acceptors (Lipinski definition) is 6. The van der Waals surface area contributed by atoms with E-state index in [0.29, 0.717) is 6.61 Å². The summed E-state index contributed by atoms with van der Waals surface area (Å²) in [5, 5.41) is 19.3. The molecule has 2 aromatic rings. The monoisotopic (exact) mass is 415 g/mol. The molecule has 0 radical (unpaired) electrons. The summed E-state index contributed by atoms with van der Waals surface area (Å²) < 4.78 is 12.1. The van der Waals surface area contributed by atoms with Crippen LogP contribution >= 0.6 is 0 Å². The zero-order valence-corrected chi connectivity index (χ0v) is 18.5. The second-order valence-corrected chi connectivity index (χ2v) is 9.44. The van der Waals surface area contributed by atoms with Gasteiger partial charge in [0.05, 0.1) is 24.0 Å². The van der Waals surface area contributed by atoms with Crippen molar-refractivity contribution in [1.29, 1.82) is 0 Å². The van der Waals surface area contributed by atoms with E-state index in [1.54, 1.807) is 0 Å². The molecular formula is C24H37N3O3. The van der Waals surface area contributed by atoms with E-state index in [9.17, 15) is 5.11 Å². The predicted molar refractivity (Wildman–Crippen MR) is 119 cm³/mol. The average molecular weight is 416 g/mol. The molecule has 1 saturated heterocycles.